The molecule has 0 amide bonds. The highest BCUT2D eigenvalue weighted by atomic mass is 32.1. The Hall–Kier alpha value is -0.820. The fraction of sp³-hybridized carbons (Fsp3) is 0.385. The molecule has 1 aromatic rings. The average Bonchev–Trinajstić information content (AvgIpc) is 2.61. The van der Waals surface area contributed by atoms with Crippen LogP contribution in [0, 0.1) is 0 Å². The molecule has 0 aliphatic rings. The standard InChI is InChI=1S/C13H18S/c1-5-11(4)13-12(8-9-14-13)7-6-10(2)3/h6-9H,5H2,1-4H3. The summed E-state index contributed by atoms with van der Waals surface area (Å²) in [6, 6.07) is 2.19. The monoisotopic (exact) mass is 206 g/mol. The molecule has 0 bridgehead atoms. The predicted molar refractivity (Wildman–Crippen MR) is 66.8 cm³/mol. The molecule has 0 fully saturated rings. The van der Waals surface area contributed by atoms with Gasteiger partial charge in [0.2, 0.25) is 0 Å². The molecule has 1 heteroatoms. The fourth-order valence-corrected chi connectivity index (χ4v) is 2.18. The minimum absolute atomic E-state index is 1.14. The Kier molecular flexibility index (Phi) is 4.15. The molecular weight excluding hydrogens is 188 g/mol. The third-order valence-electron chi connectivity index (χ3n) is 2.21. The van der Waals surface area contributed by atoms with E-state index in [9.17, 15) is 0 Å². The van der Waals surface area contributed by atoms with Crippen LogP contribution in [0.4, 0.5) is 0 Å². The Balaban J connectivity index is 3.32. The average molecular weight is 206 g/mol. The molecule has 1 rings (SSSR count). The minimum Gasteiger partial charge on any atom is -0.144 e. The molecule has 0 aliphatic heterocycles. The zero-order valence-corrected chi connectivity index (χ0v) is 10.2. The SMILES string of the molecule is CCC(C)=c1sccc1=CC=C(C)C. The summed E-state index contributed by atoms with van der Waals surface area (Å²) in [7, 11) is 0. The number of hydrogen-bond acceptors (Lipinski definition) is 1. The molecule has 0 spiro atoms. The van der Waals surface area contributed by atoms with Gasteiger partial charge in [0.05, 0.1) is 0 Å². The van der Waals surface area contributed by atoms with E-state index in [0.29, 0.717) is 0 Å². The summed E-state index contributed by atoms with van der Waals surface area (Å²) in [5.41, 5.74) is 2.82. The van der Waals surface area contributed by atoms with Crippen LogP contribution in [0.5, 0.6) is 0 Å². The number of hydrogen-bond donors (Lipinski definition) is 0. The smallest absolute Gasteiger partial charge is 0.0331 e. The van der Waals surface area contributed by atoms with Crippen LogP contribution in [-0.2, 0) is 0 Å². The van der Waals surface area contributed by atoms with E-state index in [4.69, 9.17) is 0 Å². The van der Waals surface area contributed by atoms with E-state index < -0.39 is 0 Å². The molecule has 0 N–H and O–H groups in total. The van der Waals surface area contributed by atoms with Gasteiger partial charge in [0, 0.05) is 4.53 Å². The van der Waals surface area contributed by atoms with E-state index in [2.05, 4.69) is 51.3 Å². The van der Waals surface area contributed by atoms with Crippen molar-refractivity contribution >= 4 is 23.0 Å². The maximum Gasteiger partial charge on any atom is 0.0331 e. The van der Waals surface area contributed by atoms with Crippen molar-refractivity contribution < 1.29 is 0 Å². The third-order valence-corrected chi connectivity index (χ3v) is 3.30. The number of rotatable bonds is 2. The van der Waals surface area contributed by atoms with Gasteiger partial charge in [-0.1, -0.05) is 30.2 Å². The highest BCUT2D eigenvalue weighted by molar-refractivity contribution is 7.07. The first-order chi connectivity index (χ1) is 6.65. The topological polar surface area (TPSA) is 0 Å². The van der Waals surface area contributed by atoms with Crippen LogP contribution in [0.3, 0.4) is 0 Å². The van der Waals surface area contributed by atoms with Crippen molar-refractivity contribution in [3.05, 3.63) is 32.8 Å². The normalized spacial score (nSPS) is 14.1. The van der Waals surface area contributed by atoms with Gasteiger partial charge in [-0.3, -0.25) is 0 Å². The fourth-order valence-electron chi connectivity index (χ4n) is 1.21. The molecule has 1 aromatic heterocycles. The van der Waals surface area contributed by atoms with Gasteiger partial charge in [-0.25, -0.2) is 0 Å². The van der Waals surface area contributed by atoms with Crippen molar-refractivity contribution in [1.29, 1.82) is 0 Å². The van der Waals surface area contributed by atoms with Crippen LogP contribution in [0.25, 0.3) is 11.6 Å². The molecule has 0 nitrogen and oxygen atoms in total. The molecule has 0 atom stereocenters. The van der Waals surface area contributed by atoms with Crippen LogP contribution < -0.4 is 9.75 Å². The molecule has 0 aromatic carbocycles. The van der Waals surface area contributed by atoms with Crippen molar-refractivity contribution in [2.45, 2.75) is 34.1 Å². The van der Waals surface area contributed by atoms with E-state index in [0.717, 1.165) is 6.42 Å². The number of thiophene rings is 1. The second-order valence-electron chi connectivity index (χ2n) is 3.75. The Morgan fingerprint density at radius 2 is 2.07 bits per heavy atom. The van der Waals surface area contributed by atoms with Gasteiger partial charge in [-0.15, -0.1) is 11.3 Å². The molecule has 0 aliphatic carbocycles. The third kappa shape index (κ3) is 2.85. The van der Waals surface area contributed by atoms with Gasteiger partial charge >= 0.3 is 0 Å². The molecule has 1 heterocycles. The first kappa shape index (κ1) is 11.3. The van der Waals surface area contributed by atoms with Crippen LogP contribution in [0.2, 0.25) is 0 Å². The van der Waals surface area contributed by atoms with E-state index in [1.807, 2.05) is 11.3 Å². The van der Waals surface area contributed by atoms with E-state index in [1.54, 1.807) is 0 Å². The lowest BCUT2D eigenvalue weighted by Gasteiger charge is -1.90. The van der Waals surface area contributed by atoms with Gasteiger partial charge in [0.1, 0.15) is 0 Å². The van der Waals surface area contributed by atoms with Crippen molar-refractivity contribution in [1.82, 2.24) is 0 Å². The van der Waals surface area contributed by atoms with Gasteiger partial charge in [-0.05, 0) is 43.9 Å². The first-order valence-electron chi connectivity index (χ1n) is 5.03. The lowest BCUT2D eigenvalue weighted by molar-refractivity contribution is 1.21. The summed E-state index contributed by atoms with van der Waals surface area (Å²) in [5, 5.41) is 3.52. The van der Waals surface area contributed by atoms with Crippen molar-refractivity contribution in [2.75, 3.05) is 0 Å². The molecule has 0 saturated carbocycles. The van der Waals surface area contributed by atoms with E-state index >= 15 is 0 Å². The predicted octanol–water partition coefficient (Wildman–Crippen LogP) is 3.08. The van der Waals surface area contributed by atoms with Crippen molar-refractivity contribution in [2.24, 2.45) is 0 Å². The summed E-state index contributed by atoms with van der Waals surface area (Å²) in [6.45, 7) is 8.67. The summed E-state index contributed by atoms with van der Waals surface area (Å²) in [4.78, 5) is 0. The van der Waals surface area contributed by atoms with Gasteiger partial charge in [0.15, 0.2) is 0 Å². The molecular formula is C13H18S. The first-order valence-corrected chi connectivity index (χ1v) is 5.91. The quantitative estimate of drug-likeness (QED) is 0.697. The lowest BCUT2D eigenvalue weighted by Crippen LogP contribution is -2.19. The zero-order chi connectivity index (χ0) is 10.6. The molecule has 76 valence electrons. The largest absolute Gasteiger partial charge is 0.144 e. The van der Waals surface area contributed by atoms with Crippen molar-refractivity contribution in [3.8, 4) is 0 Å². The Morgan fingerprint density at radius 1 is 1.36 bits per heavy atom. The Bertz CT molecular complexity index is 428. The summed E-state index contributed by atoms with van der Waals surface area (Å²) >= 11 is 1.84. The lowest BCUT2D eigenvalue weighted by atomic mass is 10.2. The highest BCUT2D eigenvalue weighted by Crippen LogP contribution is 1.97. The maximum atomic E-state index is 2.21. The minimum atomic E-state index is 1.14. The number of allylic oxidation sites excluding steroid dienone is 2. The van der Waals surface area contributed by atoms with Gasteiger partial charge in [0.25, 0.3) is 0 Å². The molecule has 0 saturated heterocycles. The maximum absolute atomic E-state index is 2.21. The van der Waals surface area contributed by atoms with Crippen LogP contribution >= 0.6 is 11.3 Å². The second-order valence-corrected chi connectivity index (χ2v) is 4.67. The summed E-state index contributed by atoms with van der Waals surface area (Å²) in [6.07, 6.45) is 5.52. The van der Waals surface area contributed by atoms with Crippen LogP contribution in [0.15, 0.2) is 23.1 Å². The molecule has 0 radical (unpaired) electrons. The van der Waals surface area contributed by atoms with Crippen LogP contribution in [0.1, 0.15) is 34.1 Å². The molecule has 0 unspecified atom stereocenters. The Labute approximate surface area is 90.3 Å². The highest BCUT2D eigenvalue weighted by Gasteiger charge is 1.91. The van der Waals surface area contributed by atoms with Crippen LogP contribution in [-0.4, -0.2) is 0 Å². The molecule has 14 heavy (non-hydrogen) atoms. The summed E-state index contributed by atoms with van der Waals surface area (Å²) < 4.78 is 1.44. The Morgan fingerprint density at radius 3 is 2.64 bits per heavy atom. The zero-order valence-electron chi connectivity index (χ0n) is 9.42. The van der Waals surface area contributed by atoms with Gasteiger partial charge < -0.3 is 0 Å². The summed E-state index contributed by atoms with van der Waals surface area (Å²) in [5.74, 6) is 0. The van der Waals surface area contributed by atoms with E-state index in [1.165, 1.54) is 20.9 Å². The van der Waals surface area contributed by atoms with Crippen molar-refractivity contribution in [3.63, 3.8) is 0 Å². The van der Waals surface area contributed by atoms with E-state index in [-0.39, 0.29) is 0 Å². The van der Waals surface area contributed by atoms with Gasteiger partial charge in [-0.2, -0.15) is 0 Å². The second kappa shape index (κ2) is 5.16.